The van der Waals surface area contributed by atoms with Crippen LogP contribution in [0.2, 0.25) is 0 Å². The zero-order valence-electron chi connectivity index (χ0n) is 15.4. The van der Waals surface area contributed by atoms with Gasteiger partial charge < -0.3 is 9.64 Å². The topological polar surface area (TPSA) is 47.4 Å². The molecule has 0 N–H and O–H groups in total. The predicted molar refractivity (Wildman–Crippen MR) is 97.5 cm³/mol. The van der Waals surface area contributed by atoms with Crippen LogP contribution in [0.5, 0.6) is 0 Å². The molecule has 5 nitrogen and oxygen atoms in total. The van der Waals surface area contributed by atoms with Gasteiger partial charge in [-0.25, -0.2) is 0 Å². The molecule has 1 aromatic carbocycles. The highest BCUT2D eigenvalue weighted by Crippen LogP contribution is 2.17. The van der Waals surface area contributed by atoms with E-state index >= 15 is 0 Å². The quantitative estimate of drug-likeness (QED) is 0.839. The Hall–Kier alpha value is -2.14. The van der Waals surface area contributed by atoms with Crippen molar-refractivity contribution in [2.24, 2.45) is 7.05 Å². The van der Waals surface area contributed by atoms with Crippen LogP contribution in [-0.4, -0.2) is 46.4 Å². The molecule has 3 rings (SSSR count). The molecule has 1 aromatic heterocycles. The molecule has 25 heavy (non-hydrogen) atoms. The molecule has 134 valence electrons. The molecule has 1 aliphatic rings. The Bertz CT molecular complexity index is 724. The van der Waals surface area contributed by atoms with Crippen molar-refractivity contribution in [1.82, 2.24) is 14.7 Å². The number of aryl methyl sites for hydroxylation is 3. The third kappa shape index (κ3) is 4.28. The van der Waals surface area contributed by atoms with Gasteiger partial charge in [-0.15, -0.1) is 0 Å². The second-order valence-electron chi connectivity index (χ2n) is 6.81. The number of aromatic nitrogens is 2. The Morgan fingerprint density at radius 3 is 2.72 bits per heavy atom. The standard InChI is InChI=1S/C20H27N3O2/c1-15-19(16(2)22(3)21-15)13-20(24)23-11-12-25-18(14-23)10-9-17-7-5-4-6-8-17/h4-8,18H,9-14H2,1-3H3/t18-/m1/s1. The van der Waals surface area contributed by atoms with Crippen LogP contribution in [0.1, 0.15) is 28.9 Å². The summed E-state index contributed by atoms with van der Waals surface area (Å²) in [7, 11) is 1.92. The van der Waals surface area contributed by atoms with Crippen LogP contribution in [0.15, 0.2) is 30.3 Å². The van der Waals surface area contributed by atoms with E-state index in [1.165, 1.54) is 5.56 Å². The molecule has 0 unspecified atom stereocenters. The van der Waals surface area contributed by atoms with Crippen LogP contribution in [0.4, 0.5) is 0 Å². The van der Waals surface area contributed by atoms with Crippen LogP contribution in [0, 0.1) is 13.8 Å². The second kappa shape index (κ2) is 7.83. The summed E-state index contributed by atoms with van der Waals surface area (Å²) in [4.78, 5) is 14.7. The molecule has 2 aromatic rings. The van der Waals surface area contributed by atoms with Crippen molar-refractivity contribution < 1.29 is 9.53 Å². The van der Waals surface area contributed by atoms with E-state index in [0.717, 1.165) is 29.8 Å². The number of carbonyl (C=O) groups is 1. The Labute approximate surface area is 149 Å². The summed E-state index contributed by atoms with van der Waals surface area (Å²) in [5.41, 5.74) is 4.39. The molecule has 2 heterocycles. The average molecular weight is 341 g/mol. The highest BCUT2D eigenvalue weighted by Gasteiger charge is 2.25. The maximum Gasteiger partial charge on any atom is 0.227 e. The first-order valence-electron chi connectivity index (χ1n) is 8.97. The van der Waals surface area contributed by atoms with Gasteiger partial charge in [0, 0.05) is 31.4 Å². The first kappa shape index (κ1) is 17.7. The van der Waals surface area contributed by atoms with Crippen LogP contribution < -0.4 is 0 Å². The summed E-state index contributed by atoms with van der Waals surface area (Å²) < 4.78 is 7.72. The molecule has 0 bridgehead atoms. The van der Waals surface area contributed by atoms with Crippen LogP contribution in [-0.2, 0) is 29.4 Å². The third-order valence-electron chi connectivity index (χ3n) is 5.08. The van der Waals surface area contributed by atoms with E-state index < -0.39 is 0 Å². The second-order valence-corrected chi connectivity index (χ2v) is 6.81. The zero-order chi connectivity index (χ0) is 17.8. The van der Waals surface area contributed by atoms with Gasteiger partial charge in [0.1, 0.15) is 0 Å². The minimum absolute atomic E-state index is 0.119. The molecule has 0 spiro atoms. The van der Waals surface area contributed by atoms with E-state index in [4.69, 9.17) is 4.74 Å². The summed E-state index contributed by atoms with van der Waals surface area (Å²) >= 11 is 0. The van der Waals surface area contributed by atoms with Crippen molar-refractivity contribution in [2.75, 3.05) is 19.7 Å². The van der Waals surface area contributed by atoms with Gasteiger partial charge in [0.2, 0.25) is 5.91 Å². The van der Waals surface area contributed by atoms with Gasteiger partial charge in [-0.2, -0.15) is 5.10 Å². The number of morpholine rings is 1. The zero-order valence-corrected chi connectivity index (χ0v) is 15.4. The molecular formula is C20H27N3O2. The summed E-state index contributed by atoms with van der Waals surface area (Å²) in [6.07, 6.45) is 2.47. The lowest BCUT2D eigenvalue weighted by molar-refractivity contribution is -0.138. The lowest BCUT2D eigenvalue weighted by Gasteiger charge is -2.33. The Morgan fingerprint density at radius 1 is 1.28 bits per heavy atom. The highest BCUT2D eigenvalue weighted by molar-refractivity contribution is 5.79. The maximum absolute atomic E-state index is 12.7. The van der Waals surface area contributed by atoms with E-state index in [-0.39, 0.29) is 12.0 Å². The molecule has 0 aliphatic carbocycles. The number of carbonyl (C=O) groups excluding carboxylic acids is 1. The molecule has 1 amide bonds. The summed E-state index contributed by atoms with van der Waals surface area (Å²) in [6, 6.07) is 10.4. The molecule has 1 aliphatic heterocycles. The highest BCUT2D eigenvalue weighted by atomic mass is 16.5. The van der Waals surface area contributed by atoms with Gasteiger partial charge in [-0.05, 0) is 32.3 Å². The number of benzene rings is 1. The van der Waals surface area contributed by atoms with Crippen molar-refractivity contribution in [2.45, 2.75) is 39.2 Å². The van der Waals surface area contributed by atoms with Gasteiger partial charge in [-0.3, -0.25) is 9.48 Å². The summed E-state index contributed by atoms with van der Waals surface area (Å²) in [6.45, 7) is 5.97. The Balaban J connectivity index is 1.56. The molecule has 0 radical (unpaired) electrons. The van der Waals surface area contributed by atoms with Crippen LogP contribution in [0.25, 0.3) is 0 Å². The third-order valence-corrected chi connectivity index (χ3v) is 5.08. The first-order chi connectivity index (χ1) is 12.0. The average Bonchev–Trinajstić information content (AvgIpc) is 2.87. The van der Waals surface area contributed by atoms with Crippen molar-refractivity contribution in [3.63, 3.8) is 0 Å². The molecule has 1 fully saturated rings. The SMILES string of the molecule is Cc1nn(C)c(C)c1CC(=O)N1CCO[C@H](CCc2ccccc2)C1. The Morgan fingerprint density at radius 2 is 2.04 bits per heavy atom. The molecule has 1 atom stereocenters. The Kier molecular flexibility index (Phi) is 5.53. The predicted octanol–water partition coefficient (Wildman–Crippen LogP) is 2.44. The first-order valence-corrected chi connectivity index (χ1v) is 8.97. The molecule has 5 heteroatoms. The molecule has 1 saturated heterocycles. The monoisotopic (exact) mass is 341 g/mol. The van der Waals surface area contributed by atoms with Crippen molar-refractivity contribution >= 4 is 5.91 Å². The van der Waals surface area contributed by atoms with Gasteiger partial charge in [0.15, 0.2) is 0 Å². The normalized spacial score (nSPS) is 17.7. The number of hydrogen-bond acceptors (Lipinski definition) is 3. The molecular weight excluding hydrogens is 314 g/mol. The fourth-order valence-electron chi connectivity index (χ4n) is 3.43. The number of rotatable bonds is 5. The van der Waals surface area contributed by atoms with Crippen LogP contribution in [0.3, 0.4) is 0 Å². The maximum atomic E-state index is 12.7. The number of amides is 1. The minimum Gasteiger partial charge on any atom is -0.375 e. The summed E-state index contributed by atoms with van der Waals surface area (Å²) in [5.74, 6) is 0.173. The van der Waals surface area contributed by atoms with E-state index in [1.54, 1.807) is 0 Å². The fraction of sp³-hybridized carbons (Fsp3) is 0.500. The molecule has 0 saturated carbocycles. The van der Waals surface area contributed by atoms with E-state index in [1.807, 2.05) is 36.5 Å². The van der Waals surface area contributed by atoms with Gasteiger partial charge >= 0.3 is 0 Å². The van der Waals surface area contributed by atoms with Crippen molar-refractivity contribution in [3.8, 4) is 0 Å². The summed E-state index contributed by atoms with van der Waals surface area (Å²) in [5, 5.41) is 4.41. The van der Waals surface area contributed by atoms with Gasteiger partial charge in [0.05, 0.1) is 24.8 Å². The van der Waals surface area contributed by atoms with Crippen molar-refractivity contribution in [3.05, 3.63) is 52.8 Å². The number of nitrogens with zero attached hydrogens (tertiary/aromatic N) is 3. The lowest BCUT2D eigenvalue weighted by Crippen LogP contribution is -2.46. The minimum atomic E-state index is 0.119. The van der Waals surface area contributed by atoms with Crippen molar-refractivity contribution in [1.29, 1.82) is 0 Å². The fourth-order valence-corrected chi connectivity index (χ4v) is 3.43. The van der Waals surface area contributed by atoms with Crippen LogP contribution >= 0.6 is 0 Å². The smallest absolute Gasteiger partial charge is 0.227 e. The van der Waals surface area contributed by atoms with E-state index in [0.29, 0.717) is 26.1 Å². The number of hydrogen-bond donors (Lipinski definition) is 0. The van der Waals surface area contributed by atoms with E-state index in [2.05, 4.69) is 29.4 Å². The van der Waals surface area contributed by atoms with E-state index in [9.17, 15) is 4.79 Å². The lowest BCUT2D eigenvalue weighted by atomic mass is 10.0. The van der Waals surface area contributed by atoms with Gasteiger partial charge in [0.25, 0.3) is 0 Å². The van der Waals surface area contributed by atoms with Gasteiger partial charge in [-0.1, -0.05) is 30.3 Å². The number of ether oxygens (including phenoxy) is 1. The largest absolute Gasteiger partial charge is 0.375 e.